The molecule has 25 heavy (non-hydrogen) atoms. The van der Waals surface area contributed by atoms with Crippen molar-refractivity contribution in [3.8, 4) is 16.3 Å². The summed E-state index contributed by atoms with van der Waals surface area (Å²) in [5.74, 6) is 0.873. The normalized spacial score (nSPS) is 14.0. The Morgan fingerprint density at radius 1 is 1.08 bits per heavy atom. The minimum atomic E-state index is 0.710. The monoisotopic (exact) mass is 350 g/mol. The van der Waals surface area contributed by atoms with Gasteiger partial charge in [-0.25, -0.2) is 4.98 Å². The summed E-state index contributed by atoms with van der Waals surface area (Å²) in [5.41, 5.74) is 3.65. The number of ether oxygens (including phenoxy) is 1. The Kier molecular flexibility index (Phi) is 4.81. The molecular formula is C21H22N2OS. The van der Waals surface area contributed by atoms with E-state index in [1.54, 1.807) is 18.4 Å². The van der Waals surface area contributed by atoms with Gasteiger partial charge in [0.05, 0.1) is 12.8 Å². The topological polar surface area (TPSA) is 25.4 Å². The van der Waals surface area contributed by atoms with E-state index in [0.29, 0.717) is 6.04 Å². The van der Waals surface area contributed by atoms with Gasteiger partial charge in [0.15, 0.2) is 0 Å². The third-order valence-electron chi connectivity index (χ3n) is 4.53. The molecule has 0 radical (unpaired) electrons. The fraction of sp³-hybridized carbons (Fsp3) is 0.286. The van der Waals surface area contributed by atoms with Crippen LogP contribution >= 0.6 is 11.3 Å². The molecule has 1 aliphatic rings. The highest BCUT2D eigenvalue weighted by molar-refractivity contribution is 7.13. The Balaban J connectivity index is 1.49. The molecule has 1 saturated carbocycles. The quantitative estimate of drug-likeness (QED) is 0.601. The molecule has 1 aromatic heterocycles. The highest BCUT2D eigenvalue weighted by atomic mass is 32.1. The molecule has 0 aliphatic heterocycles. The molecule has 1 heterocycles. The van der Waals surface area contributed by atoms with Crippen LogP contribution < -0.4 is 4.74 Å². The molecule has 3 nitrogen and oxygen atoms in total. The highest BCUT2D eigenvalue weighted by Crippen LogP contribution is 2.31. The first-order valence-electron chi connectivity index (χ1n) is 8.68. The van der Waals surface area contributed by atoms with Crippen molar-refractivity contribution < 1.29 is 4.74 Å². The predicted molar refractivity (Wildman–Crippen MR) is 103 cm³/mol. The lowest BCUT2D eigenvalue weighted by Crippen LogP contribution is -2.25. The van der Waals surface area contributed by atoms with Gasteiger partial charge in [-0.3, -0.25) is 4.90 Å². The Labute approximate surface area is 152 Å². The molecule has 0 saturated heterocycles. The largest absolute Gasteiger partial charge is 0.497 e. The zero-order valence-corrected chi connectivity index (χ0v) is 15.2. The molecule has 4 heteroatoms. The smallest absolute Gasteiger partial charge is 0.123 e. The molecule has 0 amide bonds. The zero-order chi connectivity index (χ0) is 17.1. The number of aromatic nitrogens is 1. The van der Waals surface area contributed by atoms with E-state index in [2.05, 4.69) is 46.7 Å². The van der Waals surface area contributed by atoms with Crippen molar-refractivity contribution in [1.82, 2.24) is 9.88 Å². The summed E-state index contributed by atoms with van der Waals surface area (Å²) in [6.07, 6.45) is 2.61. The molecule has 0 atom stereocenters. The predicted octanol–water partition coefficient (Wildman–Crippen LogP) is 4.98. The van der Waals surface area contributed by atoms with Crippen LogP contribution in [0.4, 0.5) is 0 Å². The molecule has 3 aromatic rings. The van der Waals surface area contributed by atoms with E-state index in [1.165, 1.54) is 18.4 Å². The minimum Gasteiger partial charge on any atom is -0.497 e. The third-order valence-corrected chi connectivity index (χ3v) is 5.47. The summed E-state index contributed by atoms with van der Waals surface area (Å²) in [7, 11) is 1.70. The first-order valence-corrected chi connectivity index (χ1v) is 9.56. The standard InChI is InChI=1S/C21H22N2OS/c1-24-20-9-5-8-17(12-20)21-22-18(15-25-21)14-23(19-10-11-19)13-16-6-3-2-4-7-16/h2-9,12,15,19H,10-11,13-14H2,1H3. The Hall–Kier alpha value is -2.17. The van der Waals surface area contributed by atoms with Gasteiger partial charge in [0.25, 0.3) is 0 Å². The van der Waals surface area contributed by atoms with Gasteiger partial charge in [-0.05, 0) is 30.5 Å². The van der Waals surface area contributed by atoms with Crippen LogP contribution in [0, 0.1) is 0 Å². The van der Waals surface area contributed by atoms with Gasteiger partial charge in [0.2, 0.25) is 0 Å². The fourth-order valence-electron chi connectivity index (χ4n) is 3.05. The number of methoxy groups -OCH3 is 1. The number of hydrogen-bond donors (Lipinski definition) is 0. The van der Waals surface area contributed by atoms with Crippen LogP contribution in [0.1, 0.15) is 24.1 Å². The molecule has 128 valence electrons. The maximum atomic E-state index is 5.32. The van der Waals surface area contributed by atoms with Gasteiger partial charge in [0.1, 0.15) is 10.8 Å². The third kappa shape index (κ3) is 4.09. The second-order valence-electron chi connectivity index (χ2n) is 6.50. The van der Waals surface area contributed by atoms with Crippen LogP contribution in [0.2, 0.25) is 0 Å². The average Bonchev–Trinajstić information content (AvgIpc) is 3.41. The van der Waals surface area contributed by atoms with E-state index in [1.807, 2.05) is 18.2 Å². The highest BCUT2D eigenvalue weighted by Gasteiger charge is 2.29. The van der Waals surface area contributed by atoms with Gasteiger partial charge in [0, 0.05) is 30.1 Å². The second-order valence-corrected chi connectivity index (χ2v) is 7.36. The second kappa shape index (κ2) is 7.38. The molecule has 4 rings (SSSR count). The number of thiazole rings is 1. The summed E-state index contributed by atoms with van der Waals surface area (Å²) in [6.45, 7) is 1.91. The van der Waals surface area contributed by atoms with E-state index in [-0.39, 0.29) is 0 Å². The number of benzene rings is 2. The lowest BCUT2D eigenvalue weighted by Gasteiger charge is -2.21. The van der Waals surface area contributed by atoms with E-state index in [0.717, 1.165) is 35.1 Å². The molecule has 0 bridgehead atoms. The van der Waals surface area contributed by atoms with Crippen molar-refractivity contribution in [2.75, 3.05) is 7.11 Å². The molecule has 0 spiro atoms. The Morgan fingerprint density at radius 3 is 2.68 bits per heavy atom. The van der Waals surface area contributed by atoms with Crippen molar-refractivity contribution in [3.63, 3.8) is 0 Å². The van der Waals surface area contributed by atoms with Crippen LogP contribution in [0.15, 0.2) is 60.0 Å². The summed E-state index contributed by atoms with van der Waals surface area (Å²) < 4.78 is 5.32. The summed E-state index contributed by atoms with van der Waals surface area (Å²) in [5, 5.41) is 3.25. The van der Waals surface area contributed by atoms with Gasteiger partial charge < -0.3 is 4.74 Å². The van der Waals surface area contributed by atoms with Gasteiger partial charge >= 0.3 is 0 Å². The maximum absolute atomic E-state index is 5.32. The van der Waals surface area contributed by atoms with Crippen molar-refractivity contribution >= 4 is 11.3 Å². The summed E-state index contributed by atoms with van der Waals surface area (Å²) >= 11 is 1.71. The first kappa shape index (κ1) is 16.3. The zero-order valence-electron chi connectivity index (χ0n) is 14.4. The molecule has 0 unspecified atom stereocenters. The SMILES string of the molecule is COc1cccc(-c2nc(CN(Cc3ccccc3)C3CC3)cs2)c1. The van der Waals surface area contributed by atoms with Crippen molar-refractivity contribution in [3.05, 3.63) is 71.2 Å². The van der Waals surface area contributed by atoms with Crippen molar-refractivity contribution in [2.45, 2.75) is 32.0 Å². The summed E-state index contributed by atoms with van der Waals surface area (Å²) in [6, 6.07) is 19.5. The van der Waals surface area contributed by atoms with Crippen molar-refractivity contribution in [2.24, 2.45) is 0 Å². The summed E-state index contributed by atoms with van der Waals surface area (Å²) in [4.78, 5) is 7.42. The van der Waals surface area contributed by atoms with Crippen LogP contribution in [0.5, 0.6) is 5.75 Å². The van der Waals surface area contributed by atoms with E-state index < -0.39 is 0 Å². The van der Waals surface area contributed by atoms with Crippen LogP contribution in [-0.2, 0) is 13.1 Å². The first-order chi connectivity index (χ1) is 12.3. The van der Waals surface area contributed by atoms with Crippen LogP contribution in [-0.4, -0.2) is 23.0 Å². The van der Waals surface area contributed by atoms with Crippen LogP contribution in [0.3, 0.4) is 0 Å². The number of hydrogen-bond acceptors (Lipinski definition) is 4. The van der Waals surface area contributed by atoms with Gasteiger partial charge in [-0.2, -0.15) is 0 Å². The Morgan fingerprint density at radius 2 is 1.92 bits per heavy atom. The molecule has 1 aliphatic carbocycles. The molecular weight excluding hydrogens is 328 g/mol. The minimum absolute atomic E-state index is 0.710. The number of nitrogens with zero attached hydrogens (tertiary/aromatic N) is 2. The van der Waals surface area contributed by atoms with E-state index in [4.69, 9.17) is 9.72 Å². The fourth-order valence-corrected chi connectivity index (χ4v) is 3.86. The molecule has 0 N–H and O–H groups in total. The average molecular weight is 350 g/mol. The van der Waals surface area contributed by atoms with Gasteiger partial charge in [-0.15, -0.1) is 11.3 Å². The molecule has 2 aromatic carbocycles. The van der Waals surface area contributed by atoms with E-state index in [9.17, 15) is 0 Å². The molecule has 1 fully saturated rings. The van der Waals surface area contributed by atoms with Gasteiger partial charge in [-0.1, -0.05) is 42.5 Å². The maximum Gasteiger partial charge on any atom is 0.123 e. The lowest BCUT2D eigenvalue weighted by molar-refractivity contribution is 0.243. The lowest BCUT2D eigenvalue weighted by atomic mass is 10.2. The van der Waals surface area contributed by atoms with Crippen LogP contribution in [0.25, 0.3) is 10.6 Å². The van der Waals surface area contributed by atoms with Crippen molar-refractivity contribution in [1.29, 1.82) is 0 Å². The van der Waals surface area contributed by atoms with E-state index >= 15 is 0 Å². The number of rotatable bonds is 7. The Bertz CT molecular complexity index is 827.